The van der Waals surface area contributed by atoms with E-state index in [9.17, 15) is 9.18 Å². The standard InChI is InChI=1S/C14H11ClFNO3/c1-19-12-4-3-10(16)6-11(12)14(18)20-8-9-2-5-13(15)17-7-9/h2-7H,8H2,1H3. The topological polar surface area (TPSA) is 48.4 Å². The molecule has 0 N–H and O–H groups in total. The van der Waals surface area contributed by atoms with Crippen molar-refractivity contribution in [1.29, 1.82) is 0 Å². The van der Waals surface area contributed by atoms with Gasteiger partial charge in [0.1, 0.15) is 28.9 Å². The highest BCUT2D eigenvalue weighted by Crippen LogP contribution is 2.20. The molecular weight excluding hydrogens is 285 g/mol. The minimum Gasteiger partial charge on any atom is -0.496 e. The summed E-state index contributed by atoms with van der Waals surface area (Å²) in [4.78, 5) is 15.8. The molecule has 0 radical (unpaired) electrons. The molecule has 0 aliphatic carbocycles. The van der Waals surface area contributed by atoms with E-state index in [2.05, 4.69) is 4.98 Å². The van der Waals surface area contributed by atoms with Gasteiger partial charge in [0.25, 0.3) is 0 Å². The second kappa shape index (κ2) is 6.34. The van der Waals surface area contributed by atoms with E-state index in [0.717, 1.165) is 6.07 Å². The van der Waals surface area contributed by atoms with Crippen LogP contribution >= 0.6 is 11.6 Å². The van der Waals surface area contributed by atoms with E-state index in [-0.39, 0.29) is 17.9 Å². The number of methoxy groups -OCH3 is 1. The zero-order chi connectivity index (χ0) is 14.5. The molecule has 1 aromatic heterocycles. The Morgan fingerprint density at radius 2 is 2.15 bits per heavy atom. The van der Waals surface area contributed by atoms with Gasteiger partial charge < -0.3 is 9.47 Å². The predicted molar refractivity (Wildman–Crippen MR) is 71.3 cm³/mol. The molecule has 0 aliphatic heterocycles. The lowest BCUT2D eigenvalue weighted by Gasteiger charge is -2.08. The number of aromatic nitrogens is 1. The number of carbonyl (C=O) groups excluding carboxylic acids is 1. The fourth-order valence-corrected chi connectivity index (χ4v) is 1.67. The summed E-state index contributed by atoms with van der Waals surface area (Å²) in [5.74, 6) is -0.951. The highest BCUT2D eigenvalue weighted by molar-refractivity contribution is 6.29. The smallest absolute Gasteiger partial charge is 0.342 e. The van der Waals surface area contributed by atoms with Gasteiger partial charge in [0, 0.05) is 11.8 Å². The first-order valence-corrected chi connectivity index (χ1v) is 6.09. The number of benzene rings is 1. The van der Waals surface area contributed by atoms with E-state index in [1.807, 2.05) is 0 Å². The molecule has 0 atom stereocenters. The molecule has 1 heterocycles. The Hall–Kier alpha value is -2.14. The van der Waals surface area contributed by atoms with Crippen LogP contribution in [-0.2, 0) is 11.3 Å². The second-order valence-electron chi connectivity index (χ2n) is 3.91. The fraction of sp³-hybridized carbons (Fsp3) is 0.143. The van der Waals surface area contributed by atoms with E-state index in [1.165, 1.54) is 25.4 Å². The molecule has 0 fully saturated rings. The van der Waals surface area contributed by atoms with Crippen molar-refractivity contribution >= 4 is 17.6 Å². The molecule has 4 nitrogen and oxygen atoms in total. The number of halogens is 2. The lowest BCUT2D eigenvalue weighted by Crippen LogP contribution is -2.07. The van der Waals surface area contributed by atoms with Crippen LogP contribution in [0.2, 0.25) is 5.15 Å². The van der Waals surface area contributed by atoms with Crippen LogP contribution in [0.3, 0.4) is 0 Å². The minimum atomic E-state index is -0.670. The van der Waals surface area contributed by atoms with Crippen LogP contribution in [0.1, 0.15) is 15.9 Å². The molecule has 0 saturated carbocycles. The number of pyridine rings is 1. The third-order valence-corrected chi connectivity index (χ3v) is 2.76. The number of hydrogen-bond donors (Lipinski definition) is 0. The molecule has 104 valence electrons. The lowest BCUT2D eigenvalue weighted by molar-refractivity contribution is 0.0468. The van der Waals surface area contributed by atoms with Crippen molar-refractivity contribution < 1.29 is 18.7 Å². The van der Waals surface area contributed by atoms with Gasteiger partial charge in [-0.25, -0.2) is 14.2 Å². The van der Waals surface area contributed by atoms with Gasteiger partial charge in [-0.2, -0.15) is 0 Å². The number of hydrogen-bond acceptors (Lipinski definition) is 4. The highest BCUT2D eigenvalue weighted by atomic mass is 35.5. The van der Waals surface area contributed by atoms with E-state index >= 15 is 0 Å². The van der Waals surface area contributed by atoms with Crippen LogP contribution in [0.15, 0.2) is 36.5 Å². The van der Waals surface area contributed by atoms with Gasteiger partial charge in [-0.3, -0.25) is 0 Å². The molecule has 20 heavy (non-hydrogen) atoms. The average molecular weight is 296 g/mol. The van der Waals surface area contributed by atoms with Gasteiger partial charge in [-0.1, -0.05) is 17.7 Å². The van der Waals surface area contributed by atoms with Gasteiger partial charge in [-0.05, 0) is 24.3 Å². The fourth-order valence-electron chi connectivity index (χ4n) is 1.56. The Bertz CT molecular complexity index is 616. The van der Waals surface area contributed by atoms with Crippen molar-refractivity contribution in [3.63, 3.8) is 0 Å². The van der Waals surface area contributed by atoms with Crippen LogP contribution in [0.5, 0.6) is 5.75 Å². The third-order valence-electron chi connectivity index (χ3n) is 2.54. The first-order valence-electron chi connectivity index (χ1n) is 5.71. The highest BCUT2D eigenvalue weighted by Gasteiger charge is 2.15. The summed E-state index contributed by atoms with van der Waals surface area (Å²) in [5.41, 5.74) is 0.715. The molecule has 0 unspecified atom stereocenters. The Balaban J connectivity index is 2.08. The van der Waals surface area contributed by atoms with Gasteiger partial charge in [-0.15, -0.1) is 0 Å². The Morgan fingerprint density at radius 3 is 2.80 bits per heavy atom. The summed E-state index contributed by atoms with van der Waals surface area (Å²) in [6.07, 6.45) is 1.50. The molecule has 0 aliphatic rings. The van der Waals surface area contributed by atoms with Gasteiger partial charge in [0.2, 0.25) is 0 Å². The zero-order valence-corrected chi connectivity index (χ0v) is 11.4. The van der Waals surface area contributed by atoms with Gasteiger partial charge in [0.15, 0.2) is 0 Å². The number of nitrogens with zero attached hydrogens (tertiary/aromatic N) is 1. The van der Waals surface area contributed by atoms with Crippen molar-refractivity contribution in [3.05, 3.63) is 58.6 Å². The minimum absolute atomic E-state index is 0.0165. The molecule has 0 amide bonds. The normalized spacial score (nSPS) is 10.2. The Labute approximate surface area is 120 Å². The molecule has 0 saturated heterocycles. The molecule has 2 aromatic rings. The molecule has 1 aromatic carbocycles. The lowest BCUT2D eigenvalue weighted by atomic mass is 10.2. The summed E-state index contributed by atoms with van der Waals surface area (Å²) in [7, 11) is 1.40. The van der Waals surface area contributed by atoms with Gasteiger partial charge >= 0.3 is 5.97 Å². The van der Waals surface area contributed by atoms with E-state index in [0.29, 0.717) is 10.7 Å². The maximum absolute atomic E-state index is 13.2. The third kappa shape index (κ3) is 3.45. The molecule has 2 rings (SSSR count). The van der Waals surface area contributed by atoms with Crippen LogP contribution < -0.4 is 4.74 Å². The number of rotatable bonds is 4. The molecule has 6 heteroatoms. The summed E-state index contributed by atoms with van der Waals surface area (Å²) in [6.45, 7) is 0.0165. The molecule has 0 bridgehead atoms. The van der Waals surface area contributed by atoms with Crippen molar-refractivity contribution in [2.75, 3.05) is 7.11 Å². The van der Waals surface area contributed by atoms with Crippen LogP contribution in [0.25, 0.3) is 0 Å². The molecule has 0 spiro atoms. The quantitative estimate of drug-likeness (QED) is 0.642. The largest absolute Gasteiger partial charge is 0.496 e. The first-order chi connectivity index (χ1) is 9.60. The summed E-state index contributed by atoms with van der Waals surface area (Å²) in [6, 6.07) is 6.93. The van der Waals surface area contributed by atoms with Gasteiger partial charge in [0.05, 0.1) is 7.11 Å². The maximum atomic E-state index is 13.2. The Kier molecular flexibility index (Phi) is 4.53. The average Bonchev–Trinajstić information content (AvgIpc) is 2.46. The van der Waals surface area contributed by atoms with Crippen LogP contribution in [0, 0.1) is 5.82 Å². The van der Waals surface area contributed by atoms with E-state index < -0.39 is 11.8 Å². The number of esters is 1. The zero-order valence-electron chi connectivity index (χ0n) is 10.6. The SMILES string of the molecule is COc1ccc(F)cc1C(=O)OCc1ccc(Cl)nc1. The van der Waals surface area contributed by atoms with E-state index in [4.69, 9.17) is 21.1 Å². The monoisotopic (exact) mass is 295 g/mol. The summed E-state index contributed by atoms with van der Waals surface area (Å²) < 4.78 is 23.2. The second-order valence-corrected chi connectivity index (χ2v) is 4.30. The van der Waals surface area contributed by atoms with Crippen molar-refractivity contribution in [1.82, 2.24) is 4.98 Å². The van der Waals surface area contributed by atoms with Crippen LogP contribution in [0.4, 0.5) is 4.39 Å². The Morgan fingerprint density at radius 1 is 1.35 bits per heavy atom. The first kappa shape index (κ1) is 14.3. The van der Waals surface area contributed by atoms with Crippen molar-refractivity contribution in [3.8, 4) is 5.75 Å². The number of carbonyl (C=O) groups is 1. The maximum Gasteiger partial charge on any atom is 0.342 e. The van der Waals surface area contributed by atoms with Crippen molar-refractivity contribution in [2.24, 2.45) is 0 Å². The number of ether oxygens (including phenoxy) is 2. The van der Waals surface area contributed by atoms with E-state index in [1.54, 1.807) is 12.1 Å². The van der Waals surface area contributed by atoms with Crippen LogP contribution in [-0.4, -0.2) is 18.1 Å². The summed E-state index contributed by atoms with van der Waals surface area (Å²) >= 11 is 5.65. The summed E-state index contributed by atoms with van der Waals surface area (Å²) in [5, 5.41) is 0.354. The molecular formula is C14H11ClFNO3. The van der Waals surface area contributed by atoms with Crippen molar-refractivity contribution in [2.45, 2.75) is 6.61 Å². The predicted octanol–water partition coefficient (Wildman–Crippen LogP) is 3.24.